The predicted octanol–water partition coefficient (Wildman–Crippen LogP) is 0.569. The van der Waals surface area contributed by atoms with Crippen molar-refractivity contribution in [3.8, 4) is 0 Å². The summed E-state index contributed by atoms with van der Waals surface area (Å²) < 4.78 is 1.19. The normalized spacial score (nSPS) is 16.8. The quantitative estimate of drug-likeness (QED) is 0.757. The van der Waals surface area contributed by atoms with Gasteiger partial charge in [-0.3, -0.25) is 0 Å². The Hall–Kier alpha value is -1.43. The van der Waals surface area contributed by atoms with E-state index in [0.717, 1.165) is 25.9 Å². The second kappa shape index (κ2) is 3.86. The van der Waals surface area contributed by atoms with Gasteiger partial charge in [-0.05, 0) is 26.7 Å². The highest BCUT2D eigenvalue weighted by molar-refractivity contribution is 5.76. The van der Waals surface area contributed by atoms with E-state index in [2.05, 4.69) is 10.3 Å². The highest BCUT2D eigenvalue weighted by Gasteiger charge is 2.24. The summed E-state index contributed by atoms with van der Waals surface area (Å²) in [6.07, 6.45) is 3.57. The van der Waals surface area contributed by atoms with E-state index in [0.29, 0.717) is 5.69 Å². The van der Waals surface area contributed by atoms with Crippen LogP contribution >= 0.6 is 0 Å². The summed E-state index contributed by atoms with van der Waals surface area (Å²) in [7, 11) is 0. The number of aliphatic hydroxyl groups is 1. The molecule has 6 nitrogen and oxygen atoms in total. The van der Waals surface area contributed by atoms with Crippen LogP contribution in [0.1, 0.15) is 32.4 Å². The lowest BCUT2D eigenvalue weighted by atomic mass is 10.1. The van der Waals surface area contributed by atoms with E-state index in [9.17, 15) is 9.90 Å². The molecule has 6 heteroatoms. The second-order valence-electron chi connectivity index (χ2n) is 4.58. The molecule has 2 heterocycles. The molecule has 1 saturated heterocycles. The van der Waals surface area contributed by atoms with Crippen LogP contribution in [0.2, 0.25) is 0 Å². The van der Waals surface area contributed by atoms with E-state index in [1.165, 1.54) is 10.9 Å². The number of nitrogens with zero attached hydrogens (tertiary/aromatic N) is 4. The van der Waals surface area contributed by atoms with E-state index in [1.807, 2.05) is 0 Å². The van der Waals surface area contributed by atoms with E-state index < -0.39 is 5.60 Å². The Labute approximate surface area is 93.9 Å². The number of hydrogen-bond donors (Lipinski definition) is 1. The van der Waals surface area contributed by atoms with Crippen LogP contribution in [0.15, 0.2) is 6.20 Å². The number of hydrogen-bond acceptors (Lipinski definition) is 4. The molecule has 0 radical (unpaired) electrons. The molecular formula is C10H16N4O2. The third-order valence-corrected chi connectivity index (χ3v) is 2.69. The molecule has 1 amide bonds. The zero-order valence-electron chi connectivity index (χ0n) is 9.55. The summed E-state index contributed by atoms with van der Waals surface area (Å²) in [5, 5.41) is 17.2. The highest BCUT2D eigenvalue weighted by atomic mass is 16.3. The molecule has 0 spiro atoms. The molecule has 0 aromatic carbocycles. The molecule has 1 N–H and O–H groups in total. The highest BCUT2D eigenvalue weighted by Crippen LogP contribution is 2.16. The van der Waals surface area contributed by atoms with Gasteiger partial charge in [-0.2, -0.15) is 4.68 Å². The molecule has 0 aliphatic carbocycles. The molecule has 0 unspecified atom stereocenters. The van der Waals surface area contributed by atoms with Crippen molar-refractivity contribution in [2.24, 2.45) is 0 Å². The maximum Gasteiger partial charge on any atom is 0.346 e. The lowest BCUT2D eigenvalue weighted by Gasteiger charge is -2.14. The minimum absolute atomic E-state index is 0.166. The van der Waals surface area contributed by atoms with Crippen molar-refractivity contribution in [1.29, 1.82) is 0 Å². The number of rotatable bonds is 1. The standard InChI is InChI=1S/C10H16N4O2/c1-10(2,16)8-7-14(12-11-8)9(15)13-5-3-4-6-13/h7,16H,3-6H2,1-2H3. The maximum absolute atomic E-state index is 11.9. The third kappa shape index (κ3) is 2.06. The lowest BCUT2D eigenvalue weighted by Crippen LogP contribution is -2.32. The van der Waals surface area contributed by atoms with Gasteiger partial charge in [0.05, 0.1) is 6.20 Å². The average molecular weight is 224 g/mol. The van der Waals surface area contributed by atoms with Gasteiger partial charge in [-0.1, -0.05) is 5.21 Å². The van der Waals surface area contributed by atoms with Crippen molar-refractivity contribution < 1.29 is 9.90 Å². The van der Waals surface area contributed by atoms with E-state index >= 15 is 0 Å². The summed E-state index contributed by atoms with van der Waals surface area (Å²) in [6, 6.07) is -0.166. The fraction of sp³-hybridized carbons (Fsp3) is 0.700. The first-order chi connectivity index (χ1) is 7.48. The Morgan fingerprint density at radius 1 is 1.44 bits per heavy atom. The number of aromatic nitrogens is 3. The third-order valence-electron chi connectivity index (χ3n) is 2.69. The molecule has 0 atom stereocenters. The topological polar surface area (TPSA) is 71.2 Å². The van der Waals surface area contributed by atoms with Crippen LogP contribution in [-0.2, 0) is 5.60 Å². The van der Waals surface area contributed by atoms with Crippen LogP contribution in [0, 0.1) is 0 Å². The molecule has 1 aromatic heterocycles. The smallest absolute Gasteiger partial charge is 0.346 e. The van der Waals surface area contributed by atoms with Crippen LogP contribution in [0.4, 0.5) is 4.79 Å². The Balaban J connectivity index is 2.15. The molecule has 1 aliphatic heterocycles. The van der Waals surface area contributed by atoms with Crippen molar-refractivity contribution in [2.75, 3.05) is 13.1 Å². The van der Waals surface area contributed by atoms with Crippen molar-refractivity contribution in [3.63, 3.8) is 0 Å². The minimum Gasteiger partial charge on any atom is -0.384 e. The molecule has 0 bridgehead atoms. The Kier molecular flexibility index (Phi) is 2.67. The number of carbonyl (C=O) groups is 1. The van der Waals surface area contributed by atoms with Gasteiger partial charge in [-0.25, -0.2) is 4.79 Å². The number of amides is 1. The second-order valence-corrected chi connectivity index (χ2v) is 4.58. The SMILES string of the molecule is CC(C)(O)c1cn(C(=O)N2CCCC2)nn1. The lowest BCUT2D eigenvalue weighted by molar-refractivity contribution is 0.0737. The van der Waals surface area contributed by atoms with Gasteiger partial charge < -0.3 is 10.0 Å². The Morgan fingerprint density at radius 2 is 2.06 bits per heavy atom. The fourth-order valence-electron chi connectivity index (χ4n) is 1.69. The van der Waals surface area contributed by atoms with Gasteiger partial charge >= 0.3 is 6.03 Å². The first kappa shape index (κ1) is 11.1. The molecule has 2 rings (SSSR count). The monoisotopic (exact) mass is 224 g/mol. The number of likely N-dealkylation sites (tertiary alicyclic amines) is 1. The van der Waals surface area contributed by atoms with Crippen LogP contribution in [-0.4, -0.2) is 44.1 Å². The van der Waals surface area contributed by atoms with Crippen molar-refractivity contribution in [1.82, 2.24) is 19.9 Å². The van der Waals surface area contributed by atoms with Crippen LogP contribution in [0.25, 0.3) is 0 Å². The van der Waals surface area contributed by atoms with Crippen LogP contribution < -0.4 is 0 Å². The average Bonchev–Trinajstić information content (AvgIpc) is 2.87. The van der Waals surface area contributed by atoms with Gasteiger partial charge in [0.15, 0.2) is 0 Å². The van der Waals surface area contributed by atoms with Crippen molar-refractivity contribution in [2.45, 2.75) is 32.3 Å². The zero-order chi connectivity index (χ0) is 11.8. The predicted molar refractivity (Wildman–Crippen MR) is 56.9 cm³/mol. The molecule has 16 heavy (non-hydrogen) atoms. The molecule has 88 valence electrons. The van der Waals surface area contributed by atoms with Gasteiger partial charge in [0.25, 0.3) is 0 Å². The van der Waals surface area contributed by atoms with Gasteiger partial charge in [0.2, 0.25) is 0 Å². The van der Waals surface area contributed by atoms with Gasteiger partial charge in [0, 0.05) is 13.1 Å². The summed E-state index contributed by atoms with van der Waals surface area (Å²) >= 11 is 0. The van der Waals surface area contributed by atoms with Crippen LogP contribution in [0.3, 0.4) is 0 Å². The van der Waals surface area contributed by atoms with Gasteiger partial charge in [0.1, 0.15) is 11.3 Å². The van der Waals surface area contributed by atoms with E-state index in [-0.39, 0.29) is 6.03 Å². The maximum atomic E-state index is 11.9. The minimum atomic E-state index is -1.07. The van der Waals surface area contributed by atoms with Crippen molar-refractivity contribution >= 4 is 6.03 Å². The molecule has 1 aliphatic rings. The van der Waals surface area contributed by atoms with E-state index in [4.69, 9.17) is 0 Å². The first-order valence-electron chi connectivity index (χ1n) is 5.43. The molecule has 0 saturated carbocycles. The zero-order valence-corrected chi connectivity index (χ0v) is 9.55. The number of carbonyl (C=O) groups excluding carboxylic acids is 1. The first-order valence-corrected chi connectivity index (χ1v) is 5.43. The summed E-state index contributed by atoms with van der Waals surface area (Å²) in [6.45, 7) is 4.77. The van der Waals surface area contributed by atoms with Crippen molar-refractivity contribution in [3.05, 3.63) is 11.9 Å². The molecule has 1 aromatic rings. The summed E-state index contributed by atoms with van der Waals surface area (Å²) in [5.74, 6) is 0. The van der Waals surface area contributed by atoms with Gasteiger partial charge in [-0.15, -0.1) is 5.10 Å². The summed E-state index contributed by atoms with van der Waals surface area (Å²) in [4.78, 5) is 13.6. The Morgan fingerprint density at radius 3 is 2.56 bits per heavy atom. The fourth-order valence-corrected chi connectivity index (χ4v) is 1.69. The van der Waals surface area contributed by atoms with Crippen LogP contribution in [0.5, 0.6) is 0 Å². The largest absolute Gasteiger partial charge is 0.384 e. The Bertz CT molecular complexity index is 388. The van der Waals surface area contributed by atoms with E-state index in [1.54, 1.807) is 18.7 Å². The molecular weight excluding hydrogens is 208 g/mol. The molecule has 1 fully saturated rings. The summed E-state index contributed by atoms with van der Waals surface area (Å²) in [5.41, 5.74) is -0.663.